The minimum atomic E-state index is -4.28. The van der Waals surface area contributed by atoms with Gasteiger partial charge < -0.3 is 11.5 Å². The molecule has 3 aromatic rings. The summed E-state index contributed by atoms with van der Waals surface area (Å²) in [6.45, 7) is 2.13. The van der Waals surface area contributed by atoms with Crippen molar-refractivity contribution in [2.75, 3.05) is 18.0 Å². The first-order valence-electron chi connectivity index (χ1n) is 8.07. The number of hydrogen-bond acceptors (Lipinski definition) is 8. The molecule has 0 aliphatic carbocycles. The summed E-state index contributed by atoms with van der Waals surface area (Å²) < 4.78 is 37.6. The van der Waals surface area contributed by atoms with Crippen molar-refractivity contribution in [2.45, 2.75) is 16.7 Å². The molecular weight excluding hydrogens is 404 g/mol. The number of pyridine rings is 1. The molecular formula is C15H19N8O3S2+. The number of tetrazole rings is 1. The van der Waals surface area contributed by atoms with Crippen molar-refractivity contribution in [1.29, 1.82) is 0 Å². The summed E-state index contributed by atoms with van der Waals surface area (Å²) in [4.78, 5) is 3.87. The first-order chi connectivity index (χ1) is 13.2. The van der Waals surface area contributed by atoms with Gasteiger partial charge >= 0.3 is 0 Å². The number of quaternary nitrogens is 1. The highest BCUT2D eigenvalue weighted by atomic mass is 32.2. The van der Waals surface area contributed by atoms with Crippen molar-refractivity contribution < 1.29 is 18.4 Å². The van der Waals surface area contributed by atoms with Gasteiger partial charge in [-0.25, -0.2) is 18.5 Å². The molecule has 8 N–H and O–H groups in total. The van der Waals surface area contributed by atoms with E-state index in [2.05, 4.69) is 31.3 Å². The number of primary sulfonamides is 1. The van der Waals surface area contributed by atoms with E-state index in [1.807, 2.05) is 0 Å². The van der Waals surface area contributed by atoms with Gasteiger partial charge in [-0.05, 0) is 35.4 Å². The molecule has 1 unspecified atom stereocenters. The number of nitrogens with two attached hydrogens (primary N) is 2. The average Bonchev–Trinajstić information content (AvgIpc) is 3.16. The van der Waals surface area contributed by atoms with E-state index in [9.17, 15) is 12.6 Å². The topological polar surface area (TPSA) is 198 Å². The molecule has 1 atom stereocenters. The number of aromatic nitrogens is 5. The molecule has 0 saturated carbocycles. The van der Waals surface area contributed by atoms with Gasteiger partial charge in [-0.3, -0.25) is 4.21 Å². The maximum Gasteiger partial charge on any atom is 0.240 e. The minimum absolute atomic E-state index is 0.00183. The molecule has 148 valence electrons. The number of H-pyrrole nitrogens is 1. The standard InChI is InChI=1S/C15H18N8O3S2/c1-8-6-9(7-19-14(8)17)10-2-3-11(27(24)5-4-16)13(28(18,25)26)12(10)15-20-22-23-21-15/h2-3,6-7H,4-5,16H2,1H3,(H2,17,19)(H2,18,25,26)(H,20,21,22,23)/p+1. The average molecular weight is 424 g/mol. The Morgan fingerprint density at radius 2 is 2.07 bits per heavy atom. The third-order valence-electron chi connectivity index (χ3n) is 3.98. The Bertz CT molecular complexity index is 1150. The molecule has 2 heterocycles. The number of benzene rings is 1. The second-order valence-electron chi connectivity index (χ2n) is 5.93. The number of rotatable bonds is 6. The molecule has 11 nitrogen and oxygen atoms in total. The Hall–Kier alpha value is -2.74. The third kappa shape index (κ3) is 3.77. The van der Waals surface area contributed by atoms with Crippen molar-refractivity contribution in [3.8, 4) is 22.5 Å². The summed E-state index contributed by atoms with van der Waals surface area (Å²) >= 11 is 0. The number of anilines is 1. The van der Waals surface area contributed by atoms with Gasteiger partial charge in [0.05, 0.1) is 33.6 Å². The number of aromatic amines is 1. The molecule has 3 rings (SSSR count). The van der Waals surface area contributed by atoms with E-state index in [1.165, 1.54) is 12.3 Å². The van der Waals surface area contributed by atoms with Crippen LogP contribution in [0.5, 0.6) is 0 Å². The van der Waals surface area contributed by atoms with Crippen LogP contribution in [0.2, 0.25) is 0 Å². The molecule has 13 heteroatoms. The Balaban J connectivity index is 2.42. The lowest BCUT2D eigenvalue weighted by atomic mass is 9.99. The molecule has 0 amide bonds. The monoisotopic (exact) mass is 423 g/mol. The highest BCUT2D eigenvalue weighted by Gasteiger charge is 2.29. The van der Waals surface area contributed by atoms with Crippen LogP contribution in [0, 0.1) is 6.92 Å². The zero-order valence-corrected chi connectivity index (χ0v) is 16.5. The Morgan fingerprint density at radius 3 is 2.64 bits per heavy atom. The Labute approximate surface area is 163 Å². The molecule has 0 bridgehead atoms. The number of nitrogens with one attached hydrogen (secondary N) is 1. The molecule has 1 aromatic carbocycles. The molecule has 0 aliphatic heterocycles. The van der Waals surface area contributed by atoms with Crippen LogP contribution in [-0.4, -0.2) is 50.5 Å². The maximum atomic E-state index is 12.6. The number of nitrogens with zero attached hydrogens (tertiary/aromatic N) is 4. The van der Waals surface area contributed by atoms with E-state index in [1.54, 1.807) is 19.1 Å². The molecule has 28 heavy (non-hydrogen) atoms. The molecule has 0 radical (unpaired) electrons. The van der Waals surface area contributed by atoms with Gasteiger partial charge in [-0.15, -0.1) is 10.2 Å². The first-order valence-corrected chi connectivity index (χ1v) is 10.9. The van der Waals surface area contributed by atoms with Crippen molar-refractivity contribution in [3.63, 3.8) is 0 Å². The van der Waals surface area contributed by atoms with Crippen LogP contribution < -0.4 is 16.6 Å². The molecule has 2 aromatic heterocycles. The van der Waals surface area contributed by atoms with Crippen LogP contribution in [-0.2, 0) is 20.8 Å². The molecule has 0 spiro atoms. The molecule has 0 aliphatic rings. The van der Waals surface area contributed by atoms with Crippen molar-refractivity contribution in [1.82, 2.24) is 25.6 Å². The molecule has 0 saturated heterocycles. The minimum Gasteiger partial charge on any atom is -0.383 e. The number of nitrogen functional groups attached to an aromatic ring is 1. The summed E-state index contributed by atoms with van der Waals surface area (Å²) in [6, 6.07) is 4.85. The van der Waals surface area contributed by atoms with Gasteiger partial charge in [0.1, 0.15) is 10.7 Å². The fourth-order valence-corrected chi connectivity index (χ4v) is 5.20. The van der Waals surface area contributed by atoms with E-state index in [-0.39, 0.29) is 26.9 Å². The van der Waals surface area contributed by atoms with Gasteiger partial charge in [-0.2, -0.15) is 5.21 Å². The van der Waals surface area contributed by atoms with E-state index in [0.717, 1.165) is 0 Å². The van der Waals surface area contributed by atoms with E-state index >= 15 is 0 Å². The van der Waals surface area contributed by atoms with Gasteiger partial charge in [0.15, 0.2) is 0 Å². The number of hydrogen-bond donors (Lipinski definition) is 4. The Kier molecular flexibility index (Phi) is 5.51. The summed E-state index contributed by atoms with van der Waals surface area (Å²) in [5, 5.41) is 19.1. The quantitative estimate of drug-likeness (QED) is 0.379. The van der Waals surface area contributed by atoms with Crippen LogP contribution in [0.25, 0.3) is 22.5 Å². The Morgan fingerprint density at radius 1 is 1.32 bits per heavy atom. The SMILES string of the molecule is Cc1cc(-c2ccc(S(=O)CC[NH3+])c(S(N)(=O)=O)c2-c2nn[nH]n2)cnc1N. The summed E-state index contributed by atoms with van der Waals surface area (Å²) in [5.74, 6) is 0.530. The first kappa shape index (κ1) is 20.0. The lowest BCUT2D eigenvalue weighted by Crippen LogP contribution is -2.52. The van der Waals surface area contributed by atoms with Gasteiger partial charge in [0, 0.05) is 11.8 Å². The van der Waals surface area contributed by atoms with Crippen LogP contribution in [0.1, 0.15) is 5.56 Å². The maximum absolute atomic E-state index is 12.6. The third-order valence-corrected chi connectivity index (χ3v) is 6.59. The molecule has 0 fully saturated rings. The smallest absolute Gasteiger partial charge is 0.240 e. The predicted octanol–water partition coefficient (Wildman–Crippen LogP) is -1.18. The van der Waals surface area contributed by atoms with Crippen molar-refractivity contribution >= 4 is 26.6 Å². The van der Waals surface area contributed by atoms with E-state index in [0.29, 0.717) is 29.1 Å². The number of sulfonamides is 1. The summed E-state index contributed by atoms with van der Waals surface area (Å²) in [6.07, 6.45) is 1.50. The fourth-order valence-electron chi connectivity index (χ4n) is 2.73. The van der Waals surface area contributed by atoms with Crippen LogP contribution >= 0.6 is 0 Å². The lowest BCUT2D eigenvalue weighted by molar-refractivity contribution is -0.360. The van der Waals surface area contributed by atoms with Crippen LogP contribution in [0.15, 0.2) is 34.2 Å². The highest BCUT2D eigenvalue weighted by molar-refractivity contribution is 7.91. The predicted molar refractivity (Wildman–Crippen MR) is 102 cm³/mol. The van der Waals surface area contributed by atoms with E-state index in [4.69, 9.17) is 10.9 Å². The zero-order valence-electron chi connectivity index (χ0n) is 14.9. The van der Waals surface area contributed by atoms with Gasteiger partial charge in [-0.1, -0.05) is 6.07 Å². The number of aryl methyl sites for hydroxylation is 1. The summed E-state index contributed by atoms with van der Waals surface area (Å²) in [5.41, 5.74) is 11.3. The second kappa shape index (κ2) is 7.71. The second-order valence-corrected chi connectivity index (χ2v) is 8.96. The highest BCUT2D eigenvalue weighted by Crippen LogP contribution is 2.38. The lowest BCUT2D eigenvalue weighted by Gasteiger charge is -2.15. The fraction of sp³-hybridized carbons (Fsp3) is 0.200. The summed E-state index contributed by atoms with van der Waals surface area (Å²) in [7, 11) is -5.91. The largest absolute Gasteiger partial charge is 0.383 e. The van der Waals surface area contributed by atoms with Gasteiger partial charge in [0.25, 0.3) is 0 Å². The van der Waals surface area contributed by atoms with Crippen LogP contribution in [0.3, 0.4) is 0 Å². The van der Waals surface area contributed by atoms with Crippen molar-refractivity contribution in [3.05, 3.63) is 30.0 Å². The van der Waals surface area contributed by atoms with Gasteiger partial charge in [0.2, 0.25) is 15.8 Å². The zero-order chi connectivity index (χ0) is 20.5. The van der Waals surface area contributed by atoms with Crippen molar-refractivity contribution in [2.24, 2.45) is 5.14 Å². The van der Waals surface area contributed by atoms with E-state index < -0.39 is 20.8 Å². The van der Waals surface area contributed by atoms with Crippen LogP contribution in [0.4, 0.5) is 5.82 Å². The normalized spacial score (nSPS) is 12.8.